The van der Waals surface area contributed by atoms with Crippen molar-refractivity contribution in [1.29, 1.82) is 0 Å². The Bertz CT molecular complexity index is 620. The van der Waals surface area contributed by atoms with E-state index in [1.165, 1.54) is 0 Å². The number of halogens is 3. The molecule has 0 aliphatic carbocycles. The minimum Gasteiger partial charge on any atom is -0.351 e. The Balaban J connectivity index is 1.89. The van der Waals surface area contributed by atoms with Crippen LogP contribution in [-0.2, 0) is 11.3 Å². The van der Waals surface area contributed by atoms with E-state index in [0.29, 0.717) is 0 Å². The first-order valence-corrected chi connectivity index (χ1v) is 6.46. The first-order valence-electron chi connectivity index (χ1n) is 6.46. The summed E-state index contributed by atoms with van der Waals surface area (Å²) in [5.74, 6) is -0.466. The van der Waals surface area contributed by atoms with Crippen molar-refractivity contribution in [2.45, 2.75) is 12.7 Å². The molecule has 0 saturated carbocycles. The molecule has 0 spiro atoms. The molecule has 0 unspecified atom stereocenters. The summed E-state index contributed by atoms with van der Waals surface area (Å²) in [6.07, 6.45) is -4.31. The minimum atomic E-state index is -4.31. The smallest absolute Gasteiger partial charge is 0.351 e. The zero-order valence-corrected chi connectivity index (χ0v) is 11.2. The number of carbonyl (C=O) groups is 1. The maximum Gasteiger partial charge on any atom is 0.401 e. The summed E-state index contributed by atoms with van der Waals surface area (Å²) in [7, 11) is 0. The molecule has 112 valence electrons. The zero-order chi connectivity index (χ0) is 15.3. The third-order valence-corrected chi connectivity index (χ3v) is 2.97. The van der Waals surface area contributed by atoms with Crippen LogP contribution in [0.5, 0.6) is 0 Å². The van der Waals surface area contributed by atoms with Crippen molar-refractivity contribution >= 4 is 16.7 Å². The van der Waals surface area contributed by atoms with E-state index in [1.807, 2.05) is 42.5 Å². The van der Waals surface area contributed by atoms with Crippen molar-refractivity contribution in [1.82, 2.24) is 10.6 Å². The topological polar surface area (TPSA) is 41.1 Å². The molecule has 0 fully saturated rings. The third kappa shape index (κ3) is 4.75. The molecule has 6 heteroatoms. The summed E-state index contributed by atoms with van der Waals surface area (Å²) >= 11 is 0. The maximum atomic E-state index is 11.9. The average molecular weight is 296 g/mol. The van der Waals surface area contributed by atoms with Crippen molar-refractivity contribution in [2.24, 2.45) is 0 Å². The van der Waals surface area contributed by atoms with Gasteiger partial charge in [0.1, 0.15) is 0 Å². The molecule has 3 nitrogen and oxygen atoms in total. The van der Waals surface area contributed by atoms with Crippen LogP contribution in [0.2, 0.25) is 0 Å². The fraction of sp³-hybridized carbons (Fsp3) is 0.267. The van der Waals surface area contributed by atoms with Crippen LogP contribution in [0.25, 0.3) is 10.8 Å². The number of hydrogen-bond acceptors (Lipinski definition) is 2. The van der Waals surface area contributed by atoms with E-state index in [2.05, 4.69) is 10.6 Å². The lowest BCUT2D eigenvalue weighted by Crippen LogP contribution is -2.38. The quantitative estimate of drug-likeness (QED) is 0.890. The number of fused-ring (bicyclic) bond motifs is 1. The van der Waals surface area contributed by atoms with Gasteiger partial charge in [-0.3, -0.25) is 4.79 Å². The highest BCUT2D eigenvalue weighted by Gasteiger charge is 2.26. The van der Waals surface area contributed by atoms with Crippen molar-refractivity contribution in [2.75, 3.05) is 13.1 Å². The largest absolute Gasteiger partial charge is 0.401 e. The predicted molar refractivity (Wildman–Crippen MR) is 74.7 cm³/mol. The summed E-state index contributed by atoms with van der Waals surface area (Å²) in [5.41, 5.74) is 0.928. The molecule has 2 aromatic carbocycles. The lowest BCUT2D eigenvalue weighted by Gasteiger charge is -2.10. The maximum absolute atomic E-state index is 11.9. The van der Waals surface area contributed by atoms with Crippen LogP contribution < -0.4 is 10.6 Å². The van der Waals surface area contributed by atoms with Crippen molar-refractivity contribution < 1.29 is 18.0 Å². The molecule has 0 heterocycles. The Labute approximate surface area is 120 Å². The Morgan fingerprint density at radius 1 is 1.05 bits per heavy atom. The minimum absolute atomic E-state index is 0.286. The number of rotatable bonds is 5. The highest BCUT2D eigenvalue weighted by atomic mass is 19.4. The van der Waals surface area contributed by atoms with Crippen LogP contribution >= 0.6 is 0 Å². The van der Waals surface area contributed by atoms with Gasteiger partial charge in [-0.15, -0.1) is 0 Å². The number of carbonyl (C=O) groups excluding carboxylic acids is 1. The molecule has 2 rings (SSSR count). The van der Waals surface area contributed by atoms with Gasteiger partial charge in [-0.25, -0.2) is 0 Å². The molecule has 2 N–H and O–H groups in total. The third-order valence-electron chi connectivity index (χ3n) is 2.97. The number of benzene rings is 2. The Kier molecular flexibility index (Phi) is 4.80. The van der Waals surface area contributed by atoms with Crippen molar-refractivity contribution in [3.05, 3.63) is 48.0 Å². The van der Waals surface area contributed by atoms with Crippen LogP contribution in [-0.4, -0.2) is 25.2 Å². The number of nitrogens with one attached hydrogen (secondary N) is 2. The standard InChI is InChI=1S/C15H15F3N2O/c16-15(17,18)10-19-9-14(21)20-8-12-6-3-5-11-4-1-2-7-13(11)12/h1-7,19H,8-10H2,(H,20,21). The monoisotopic (exact) mass is 296 g/mol. The van der Waals surface area contributed by atoms with Crippen LogP contribution in [0, 0.1) is 0 Å². The molecule has 0 bridgehead atoms. The summed E-state index contributed by atoms with van der Waals surface area (Å²) in [5, 5.41) is 6.74. The molecule has 21 heavy (non-hydrogen) atoms. The lowest BCUT2D eigenvalue weighted by molar-refractivity contribution is -0.128. The van der Waals surface area contributed by atoms with Crippen molar-refractivity contribution in [3.63, 3.8) is 0 Å². The molecule has 0 atom stereocenters. The summed E-state index contributed by atoms with van der Waals surface area (Å²) in [6.45, 7) is -1.24. The highest BCUT2D eigenvalue weighted by molar-refractivity contribution is 5.86. The van der Waals surface area contributed by atoms with Crippen LogP contribution in [0.15, 0.2) is 42.5 Å². The molecule has 0 aromatic heterocycles. The van der Waals surface area contributed by atoms with E-state index in [0.717, 1.165) is 16.3 Å². The molecule has 1 amide bonds. The van der Waals surface area contributed by atoms with Gasteiger partial charge in [0.2, 0.25) is 5.91 Å². The second-order valence-electron chi connectivity index (χ2n) is 4.63. The van der Waals surface area contributed by atoms with E-state index in [9.17, 15) is 18.0 Å². The second kappa shape index (κ2) is 6.58. The molecular weight excluding hydrogens is 281 g/mol. The second-order valence-corrected chi connectivity index (χ2v) is 4.63. The van der Waals surface area contributed by atoms with Gasteiger partial charge in [0, 0.05) is 6.54 Å². The SMILES string of the molecule is O=C(CNCC(F)(F)F)NCc1cccc2ccccc12. The molecule has 0 radical (unpaired) electrons. The molecule has 0 aliphatic rings. The molecule has 0 aliphatic heterocycles. The fourth-order valence-corrected chi connectivity index (χ4v) is 2.02. The summed E-state index contributed by atoms with van der Waals surface area (Å²) in [4.78, 5) is 11.5. The van der Waals surface area contributed by atoms with E-state index in [1.54, 1.807) is 0 Å². The number of amides is 1. The van der Waals surface area contributed by atoms with E-state index in [-0.39, 0.29) is 13.1 Å². The summed E-state index contributed by atoms with van der Waals surface area (Å²) < 4.78 is 35.8. The molecule has 2 aromatic rings. The van der Waals surface area contributed by atoms with Crippen LogP contribution in [0.1, 0.15) is 5.56 Å². The Hall–Kier alpha value is -2.08. The fourth-order valence-electron chi connectivity index (χ4n) is 2.02. The van der Waals surface area contributed by atoms with E-state index >= 15 is 0 Å². The van der Waals surface area contributed by atoms with Gasteiger partial charge in [0.25, 0.3) is 0 Å². The molecule has 0 saturated heterocycles. The average Bonchev–Trinajstić information content (AvgIpc) is 2.43. The van der Waals surface area contributed by atoms with Gasteiger partial charge >= 0.3 is 6.18 Å². The van der Waals surface area contributed by atoms with Crippen molar-refractivity contribution in [3.8, 4) is 0 Å². The van der Waals surface area contributed by atoms with E-state index in [4.69, 9.17) is 0 Å². The van der Waals surface area contributed by atoms with Gasteiger partial charge in [-0.1, -0.05) is 42.5 Å². The van der Waals surface area contributed by atoms with E-state index < -0.39 is 18.6 Å². The van der Waals surface area contributed by atoms with Gasteiger partial charge < -0.3 is 10.6 Å². The zero-order valence-electron chi connectivity index (χ0n) is 11.2. The lowest BCUT2D eigenvalue weighted by atomic mass is 10.0. The number of alkyl halides is 3. The van der Waals surface area contributed by atoms with Crippen LogP contribution in [0.4, 0.5) is 13.2 Å². The number of hydrogen-bond donors (Lipinski definition) is 2. The van der Waals surface area contributed by atoms with Gasteiger partial charge in [-0.2, -0.15) is 13.2 Å². The first kappa shape index (κ1) is 15.3. The van der Waals surface area contributed by atoms with Crippen LogP contribution in [0.3, 0.4) is 0 Å². The molecular formula is C15H15F3N2O. The highest BCUT2D eigenvalue weighted by Crippen LogP contribution is 2.18. The summed E-state index contributed by atoms with van der Waals surface area (Å²) in [6, 6.07) is 13.5. The van der Waals surface area contributed by atoms with Gasteiger partial charge in [-0.05, 0) is 16.3 Å². The Morgan fingerprint density at radius 3 is 2.52 bits per heavy atom. The van der Waals surface area contributed by atoms with Gasteiger partial charge in [0.15, 0.2) is 0 Å². The predicted octanol–water partition coefficient (Wildman–Crippen LogP) is 2.61. The first-order chi connectivity index (χ1) is 9.96. The normalized spacial score (nSPS) is 11.6. The Morgan fingerprint density at radius 2 is 1.76 bits per heavy atom. The van der Waals surface area contributed by atoms with Gasteiger partial charge in [0.05, 0.1) is 13.1 Å².